The number of alkyl halides is 3. The fourth-order valence-corrected chi connectivity index (χ4v) is 3.27. The van der Waals surface area contributed by atoms with Gasteiger partial charge in [0, 0.05) is 5.54 Å². The number of carboxylic acids is 1. The fourth-order valence-electron chi connectivity index (χ4n) is 3.27. The predicted molar refractivity (Wildman–Crippen MR) is 54.7 cm³/mol. The molecule has 1 amide bonds. The van der Waals surface area contributed by atoms with Crippen LogP contribution >= 0.6 is 0 Å². The Labute approximate surface area is 102 Å². The van der Waals surface area contributed by atoms with E-state index in [2.05, 4.69) is 0 Å². The minimum Gasteiger partial charge on any atom is -0.481 e. The van der Waals surface area contributed by atoms with E-state index in [1.54, 1.807) is 0 Å². The van der Waals surface area contributed by atoms with Crippen LogP contribution < -0.4 is 5.32 Å². The van der Waals surface area contributed by atoms with Crippen LogP contribution in [0, 0.1) is 5.41 Å². The molecule has 2 atom stereocenters. The first kappa shape index (κ1) is 13.2. The average Bonchev–Trinajstić information content (AvgIpc) is 2.50. The molecule has 0 saturated heterocycles. The molecule has 0 aromatic carbocycles. The van der Waals surface area contributed by atoms with Crippen LogP contribution in [0.15, 0.2) is 0 Å². The van der Waals surface area contributed by atoms with Crippen LogP contribution in [0.1, 0.15) is 38.5 Å². The Bertz CT molecular complexity index is 395. The SMILES string of the molecule is O=C(NC12CCCC(C(=O)O)(CC1)C2)C(F)(F)F. The van der Waals surface area contributed by atoms with E-state index < -0.39 is 29.0 Å². The summed E-state index contributed by atoms with van der Waals surface area (Å²) in [6, 6.07) is 0. The van der Waals surface area contributed by atoms with Crippen molar-refractivity contribution in [1.82, 2.24) is 5.32 Å². The lowest BCUT2D eigenvalue weighted by Gasteiger charge is -2.37. The van der Waals surface area contributed by atoms with Gasteiger partial charge in [-0.05, 0) is 38.5 Å². The molecule has 2 unspecified atom stereocenters. The number of nitrogens with one attached hydrogen (secondary N) is 1. The van der Waals surface area contributed by atoms with Crippen molar-refractivity contribution < 1.29 is 27.9 Å². The first-order valence-corrected chi connectivity index (χ1v) is 5.82. The van der Waals surface area contributed by atoms with Crippen molar-refractivity contribution in [2.24, 2.45) is 5.41 Å². The van der Waals surface area contributed by atoms with Gasteiger partial charge in [-0.3, -0.25) is 9.59 Å². The number of amides is 1. The van der Waals surface area contributed by atoms with E-state index in [4.69, 9.17) is 0 Å². The van der Waals surface area contributed by atoms with Crippen molar-refractivity contribution in [1.29, 1.82) is 0 Å². The molecular weight excluding hydrogens is 251 g/mol. The molecule has 0 spiro atoms. The van der Waals surface area contributed by atoms with Gasteiger partial charge in [-0.25, -0.2) is 0 Å². The van der Waals surface area contributed by atoms with E-state index in [9.17, 15) is 27.9 Å². The number of aliphatic carboxylic acids is 1. The van der Waals surface area contributed by atoms with Gasteiger partial charge in [-0.15, -0.1) is 0 Å². The number of carboxylic acid groups (broad SMARTS) is 1. The highest BCUT2D eigenvalue weighted by molar-refractivity contribution is 5.83. The van der Waals surface area contributed by atoms with Crippen LogP contribution in [0.3, 0.4) is 0 Å². The minimum absolute atomic E-state index is 0.108. The van der Waals surface area contributed by atoms with Crippen molar-refractivity contribution in [2.45, 2.75) is 50.2 Å². The smallest absolute Gasteiger partial charge is 0.471 e. The van der Waals surface area contributed by atoms with E-state index in [0.717, 1.165) is 0 Å². The largest absolute Gasteiger partial charge is 0.481 e. The summed E-state index contributed by atoms with van der Waals surface area (Å²) in [5.74, 6) is -2.93. The zero-order valence-electron chi connectivity index (χ0n) is 9.64. The molecule has 0 heterocycles. The highest BCUT2D eigenvalue weighted by Crippen LogP contribution is 2.53. The maximum absolute atomic E-state index is 12.2. The Morgan fingerprint density at radius 1 is 1.11 bits per heavy atom. The summed E-state index contributed by atoms with van der Waals surface area (Å²) >= 11 is 0. The van der Waals surface area contributed by atoms with Crippen molar-refractivity contribution in [2.75, 3.05) is 0 Å². The molecule has 2 bridgehead atoms. The summed E-state index contributed by atoms with van der Waals surface area (Å²) in [5, 5.41) is 11.2. The van der Waals surface area contributed by atoms with Gasteiger partial charge in [0.15, 0.2) is 0 Å². The third kappa shape index (κ3) is 2.06. The molecule has 2 fully saturated rings. The third-order valence-corrected chi connectivity index (χ3v) is 4.16. The van der Waals surface area contributed by atoms with Crippen molar-refractivity contribution in [3.8, 4) is 0 Å². The van der Waals surface area contributed by atoms with E-state index in [1.807, 2.05) is 5.32 Å². The molecule has 0 aromatic heterocycles. The number of fused-ring (bicyclic) bond motifs is 2. The highest BCUT2D eigenvalue weighted by atomic mass is 19.4. The lowest BCUT2D eigenvalue weighted by atomic mass is 9.73. The van der Waals surface area contributed by atoms with Crippen LogP contribution in [0.2, 0.25) is 0 Å². The van der Waals surface area contributed by atoms with Crippen molar-refractivity contribution >= 4 is 11.9 Å². The van der Waals surface area contributed by atoms with Gasteiger partial charge >= 0.3 is 18.1 Å². The number of hydrogen-bond donors (Lipinski definition) is 2. The topological polar surface area (TPSA) is 66.4 Å². The number of halogens is 3. The second kappa shape index (κ2) is 3.86. The molecule has 7 heteroatoms. The highest BCUT2D eigenvalue weighted by Gasteiger charge is 2.57. The Balaban J connectivity index is 2.15. The second-order valence-corrected chi connectivity index (χ2v) is 5.35. The van der Waals surface area contributed by atoms with E-state index in [-0.39, 0.29) is 6.42 Å². The molecular formula is C11H14F3NO3. The van der Waals surface area contributed by atoms with Gasteiger partial charge in [-0.2, -0.15) is 13.2 Å². The quantitative estimate of drug-likeness (QED) is 0.800. The van der Waals surface area contributed by atoms with E-state index >= 15 is 0 Å². The lowest BCUT2D eigenvalue weighted by Crippen LogP contribution is -2.53. The number of carbonyl (C=O) groups is 2. The average molecular weight is 265 g/mol. The molecule has 2 rings (SSSR count). The molecule has 18 heavy (non-hydrogen) atoms. The second-order valence-electron chi connectivity index (χ2n) is 5.35. The van der Waals surface area contributed by atoms with Crippen LogP contribution in [-0.4, -0.2) is 28.7 Å². The first-order chi connectivity index (χ1) is 8.19. The van der Waals surface area contributed by atoms with Gasteiger partial charge in [0.2, 0.25) is 0 Å². The molecule has 2 saturated carbocycles. The van der Waals surface area contributed by atoms with E-state index in [1.165, 1.54) is 0 Å². The minimum atomic E-state index is -4.92. The van der Waals surface area contributed by atoms with Crippen molar-refractivity contribution in [3.63, 3.8) is 0 Å². The molecule has 0 radical (unpaired) electrons. The van der Waals surface area contributed by atoms with Gasteiger partial charge in [0.25, 0.3) is 0 Å². The standard InChI is InChI=1S/C11H14F3NO3/c12-11(13,14)7(16)15-10-3-1-2-9(6-10,4-5-10)8(17)18/h1-6H2,(H,15,16)(H,17,18). The maximum atomic E-state index is 12.2. The zero-order chi connectivity index (χ0) is 13.6. The van der Waals surface area contributed by atoms with Crippen LogP contribution in [0.4, 0.5) is 13.2 Å². The number of hydrogen-bond acceptors (Lipinski definition) is 2. The van der Waals surface area contributed by atoms with E-state index in [0.29, 0.717) is 32.1 Å². The summed E-state index contributed by atoms with van der Waals surface area (Å²) in [4.78, 5) is 22.2. The van der Waals surface area contributed by atoms with Gasteiger partial charge in [-0.1, -0.05) is 0 Å². The predicted octanol–water partition coefficient (Wildman–Crippen LogP) is 1.84. The maximum Gasteiger partial charge on any atom is 0.471 e. The third-order valence-electron chi connectivity index (χ3n) is 4.16. The Hall–Kier alpha value is -1.27. The molecule has 2 N–H and O–H groups in total. The van der Waals surface area contributed by atoms with Crippen LogP contribution in [0.25, 0.3) is 0 Å². The van der Waals surface area contributed by atoms with Crippen molar-refractivity contribution in [3.05, 3.63) is 0 Å². The molecule has 0 aromatic rings. The molecule has 2 aliphatic carbocycles. The molecule has 0 aliphatic heterocycles. The molecule has 102 valence electrons. The monoisotopic (exact) mass is 265 g/mol. The number of carbonyl (C=O) groups excluding carboxylic acids is 1. The van der Waals surface area contributed by atoms with Gasteiger partial charge in [0.05, 0.1) is 5.41 Å². The molecule has 2 aliphatic rings. The van der Waals surface area contributed by atoms with Gasteiger partial charge in [0.1, 0.15) is 0 Å². The summed E-state index contributed by atoms with van der Waals surface area (Å²) < 4.78 is 36.7. The Morgan fingerprint density at radius 2 is 1.78 bits per heavy atom. The van der Waals surface area contributed by atoms with Crippen LogP contribution in [0.5, 0.6) is 0 Å². The van der Waals surface area contributed by atoms with Crippen LogP contribution in [-0.2, 0) is 9.59 Å². The summed E-state index contributed by atoms with van der Waals surface area (Å²) in [6.07, 6.45) is -2.74. The Kier molecular flexibility index (Phi) is 2.82. The molecule has 4 nitrogen and oxygen atoms in total. The number of rotatable bonds is 2. The summed E-state index contributed by atoms with van der Waals surface area (Å²) in [6.45, 7) is 0. The summed E-state index contributed by atoms with van der Waals surface area (Å²) in [7, 11) is 0. The zero-order valence-corrected chi connectivity index (χ0v) is 9.64. The first-order valence-electron chi connectivity index (χ1n) is 5.82. The van der Waals surface area contributed by atoms with Gasteiger partial charge < -0.3 is 10.4 Å². The summed E-state index contributed by atoms with van der Waals surface area (Å²) in [5.41, 5.74) is -1.93. The lowest BCUT2D eigenvalue weighted by molar-refractivity contribution is -0.176. The fraction of sp³-hybridized carbons (Fsp3) is 0.818. The Morgan fingerprint density at radius 3 is 2.33 bits per heavy atom. The normalized spacial score (nSPS) is 35.3.